The number of benzene rings is 1. The molecule has 222 valence electrons. The molecule has 4 aromatic rings. The summed E-state index contributed by atoms with van der Waals surface area (Å²) in [5, 5.41) is 15.3. The molecule has 3 fully saturated rings. The van der Waals surface area contributed by atoms with E-state index in [-0.39, 0.29) is 23.7 Å². The number of thiophene rings is 1. The largest absolute Gasteiger partial charge is 0.355 e. The van der Waals surface area contributed by atoms with Gasteiger partial charge in [-0.1, -0.05) is 6.07 Å². The van der Waals surface area contributed by atoms with E-state index in [2.05, 4.69) is 38.8 Å². The summed E-state index contributed by atoms with van der Waals surface area (Å²) >= 11 is 1.88. The molecule has 10 heteroatoms. The van der Waals surface area contributed by atoms with Gasteiger partial charge in [0.2, 0.25) is 0 Å². The predicted molar refractivity (Wildman–Crippen MR) is 167 cm³/mol. The number of likely N-dealkylation sites (tertiary alicyclic amines) is 1. The van der Waals surface area contributed by atoms with E-state index in [0.29, 0.717) is 23.1 Å². The fourth-order valence-electron chi connectivity index (χ4n) is 7.16. The molecule has 2 aliphatic heterocycles. The van der Waals surface area contributed by atoms with Crippen molar-refractivity contribution in [2.75, 3.05) is 30.8 Å². The van der Waals surface area contributed by atoms with Crippen LogP contribution in [0, 0.1) is 5.82 Å². The standard InChI is InChI=1S/C33H35FN6O2S/c1-39-11-9-18(10-12-39)25-7-8-29(38-37-25)35-27-15-22(17-40(2)33(27)41)19-5-6-24(34)26(14-19)36-32-30(42-32)28-16-23-20-3-4-21(13-20)31(23)43-28/h5-8,14-18,20-21,30,32,36H,3-4,9-13H2,1-2H3,(H,35,38). The molecule has 0 amide bonds. The van der Waals surface area contributed by atoms with Gasteiger partial charge < -0.3 is 24.8 Å². The van der Waals surface area contributed by atoms with Crippen molar-refractivity contribution in [1.29, 1.82) is 0 Å². The molecule has 2 saturated heterocycles. The first-order valence-electron chi connectivity index (χ1n) is 15.2. The van der Waals surface area contributed by atoms with Crippen LogP contribution in [0.3, 0.4) is 0 Å². The molecule has 1 aromatic carbocycles. The van der Waals surface area contributed by atoms with Crippen molar-refractivity contribution in [3.63, 3.8) is 0 Å². The van der Waals surface area contributed by atoms with E-state index < -0.39 is 0 Å². The quantitative estimate of drug-likeness (QED) is 0.236. The van der Waals surface area contributed by atoms with E-state index in [1.165, 1.54) is 40.3 Å². The van der Waals surface area contributed by atoms with Gasteiger partial charge in [-0.05, 0) is 112 Å². The zero-order chi connectivity index (χ0) is 29.2. The number of hydrogen-bond acceptors (Lipinski definition) is 8. The zero-order valence-electron chi connectivity index (χ0n) is 24.3. The van der Waals surface area contributed by atoms with Gasteiger partial charge in [0, 0.05) is 34.5 Å². The number of pyridine rings is 1. The number of epoxide rings is 1. The van der Waals surface area contributed by atoms with E-state index in [9.17, 15) is 9.18 Å². The summed E-state index contributed by atoms with van der Waals surface area (Å²) in [7, 11) is 3.85. The molecule has 4 atom stereocenters. The Morgan fingerprint density at radius 2 is 1.74 bits per heavy atom. The Bertz CT molecular complexity index is 1720. The molecule has 0 spiro atoms. The van der Waals surface area contributed by atoms with Crippen LogP contribution in [0.1, 0.15) is 77.0 Å². The summed E-state index contributed by atoms with van der Waals surface area (Å²) in [5.74, 6) is 2.04. The highest BCUT2D eigenvalue weighted by atomic mass is 32.1. The average Bonchev–Trinajstić information content (AvgIpc) is 3.33. The van der Waals surface area contributed by atoms with Crippen molar-refractivity contribution >= 4 is 28.5 Å². The molecule has 0 radical (unpaired) electrons. The van der Waals surface area contributed by atoms with Gasteiger partial charge in [0.05, 0.1) is 11.4 Å². The SMILES string of the molecule is CN1CCC(c2ccc(Nc3cc(-c4ccc(F)c(NC5OC5c5cc6c(s5)C5CCC6C5)c4)cn(C)c3=O)nn2)CC1. The number of piperidine rings is 1. The molecular weight excluding hydrogens is 563 g/mol. The van der Waals surface area contributed by atoms with Crippen LogP contribution in [0.25, 0.3) is 11.1 Å². The summed E-state index contributed by atoms with van der Waals surface area (Å²) in [6.07, 6.45) is 7.53. The Morgan fingerprint density at radius 3 is 2.53 bits per heavy atom. The van der Waals surface area contributed by atoms with Crippen molar-refractivity contribution in [3.8, 4) is 11.1 Å². The van der Waals surface area contributed by atoms with Crippen LogP contribution in [0.2, 0.25) is 0 Å². The van der Waals surface area contributed by atoms with Gasteiger partial charge in [-0.15, -0.1) is 16.4 Å². The fraction of sp³-hybridized carbons (Fsp3) is 0.424. The fourth-order valence-corrected chi connectivity index (χ4v) is 8.62. The maximum Gasteiger partial charge on any atom is 0.274 e. The lowest BCUT2D eigenvalue weighted by Crippen LogP contribution is -2.29. The van der Waals surface area contributed by atoms with Crippen molar-refractivity contribution < 1.29 is 9.13 Å². The molecule has 3 aromatic heterocycles. The van der Waals surface area contributed by atoms with Crippen LogP contribution in [-0.4, -0.2) is 46.0 Å². The smallest absolute Gasteiger partial charge is 0.274 e. The van der Waals surface area contributed by atoms with Gasteiger partial charge in [0.1, 0.15) is 17.6 Å². The van der Waals surface area contributed by atoms with Crippen molar-refractivity contribution in [1.82, 2.24) is 19.7 Å². The third-order valence-electron chi connectivity index (χ3n) is 9.69. The number of ether oxygens (including phenoxy) is 1. The van der Waals surface area contributed by atoms with Gasteiger partial charge >= 0.3 is 0 Å². The minimum absolute atomic E-state index is 0.0432. The highest BCUT2D eigenvalue weighted by molar-refractivity contribution is 7.12. The summed E-state index contributed by atoms with van der Waals surface area (Å²) in [6, 6.07) is 13.0. The van der Waals surface area contributed by atoms with Gasteiger partial charge in [-0.2, -0.15) is 5.10 Å². The number of anilines is 3. The number of aryl methyl sites for hydroxylation is 1. The third kappa shape index (κ3) is 5.05. The van der Waals surface area contributed by atoms with Crippen LogP contribution >= 0.6 is 11.3 Å². The van der Waals surface area contributed by atoms with Gasteiger partial charge in [-0.3, -0.25) is 4.79 Å². The molecular formula is C33H35FN6O2S. The molecule has 43 heavy (non-hydrogen) atoms. The minimum Gasteiger partial charge on any atom is -0.355 e. The maximum atomic E-state index is 14.9. The predicted octanol–water partition coefficient (Wildman–Crippen LogP) is 6.47. The van der Waals surface area contributed by atoms with Crippen molar-refractivity contribution in [2.24, 2.45) is 7.05 Å². The van der Waals surface area contributed by atoms with Crippen molar-refractivity contribution in [3.05, 3.63) is 85.8 Å². The molecule has 5 heterocycles. The van der Waals surface area contributed by atoms with Crippen LogP contribution in [-0.2, 0) is 11.8 Å². The van der Waals surface area contributed by atoms with Gasteiger partial charge in [0.15, 0.2) is 12.0 Å². The Labute approximate surface area is 253 Å². The molecule has 4 aliphatic rings. The third-order valence-corrected chi connectivity index (χ3v) is 11.1. The molecule has 8 rings (SSSR count). The number of halogens is 1. The number of fused-ring (bicyclic) bond motifs is 5. The average molecular weight is 599 g/mol. The molecule has 2 bridgehead atoms. The van der Waals surface area contributed by atoms with E-state index >= 15 is 0 Å². The molecule has 1 saturated carbocycles. The van der Waals surface area contributed by atoms with Crippen LogP contribution in [0.4, 0.5) is 21.6 Å². The number of rotatable bonds is 7. The van der Waals surface area contributed by atoms with E-state index in [0.717, 1.165) is 54.6 Å². The lowest BCUT2D eigenvalue weighted by Gasteiger charge is -2.28. The highest BCUT2D eigenvalue weighted by Crippen LogP contribution is 2.58. The maximum absolute atomic E-state index is 14.9. The van der Waals surface area contributed by atoms with E-state index in [4.69, 9.17) is 4.74 Å². The Hall–Kier alpha value is -3.60. The molecule has 2 N–H and O–H groups in total. The Balaban J connectivity index is 0.985. The highest BCUT2D eigenvalue weighted by Gasteiger charge is 2.45. The van der Waals surface area contributed by atoms with Gasteiger partial charge in [-0.25, -0.2) is 4.39 Å². The number of nitrogens with zero attached hydrogens (tertiary/aromatic N) is 4. The first-order chi connectivity index (χ1) is 20.9. The summed E-state index contributed by atoms with van der Waals surface area (Å²) < 4.78 is 22.4. The lowest BCUT2D eigenvalue weighted by atomic mass is 9.94. The molecule has 2 aliphatic carbocycles. The summed E-state index contributed by atoms with van der Waals surface area (Å²) in [4.78, 5) is 18.1. The van der Waals surface area contributed by atoms with E-state index in [1.807, 2.05) is 23.5 Å². The number of aromatic nitrogens is 3. The minimum atomic E-state index is -0.340. The van der Waals surface area contributed by atoms with Gasteiger partial charge in [0.25, 0.3) is 5.56 Å². The van der Waals surface area contributed by atoms with Crippen LogP contribution in [0.15, 0.2) is 53.5 Å². The summed E-state index contributed by atoms with van der Waals surface area (Å²) in [5.41, 5.74) is 4.66. The first-order valence-corrected chi connectivity index (χ1v) is 16.1. The number of hydrogen-bond donors (Lipinski definition) is 2. The molecule has 8 nitrogen and oxygen atoms in total. The van der Waals surface area contributed by atoms with Crippen LogP contribution < -0.4 is 16.2 Å². The Kier molecular flexibility index (Phi) is 6.61. The van der Waals surface area contributed by atoms with E-state index in [1.54, 1.807) is 36.3 Å². The second-order valence-electron chi connectivity index (χ2n) is 12.6. The number of nitrogens with one attached hydrogen (secondary N) is 2. The second kappa shape index (κ2) is 10.5. The monoisotopic (exact) mass is 598 g/mol. The van der Waals surface area contributed by atoms with Crippen molar-refractivity contribution in [2.45, 2.75) is 62.2 Å². The lowest BCUT2D eigenvalue weighted by molar-refractivity contribution is 0.253. The summed E-state index contributed by atoms with van der Waals surface area (Å²) in [6.45, 7) is 2.11. The first kappa shape index (κ1) is 27.0. The van der Waals surface area contributed by atoms with Crippen LogP contribution in [0.5, 0.6) is 0 Å². The normalized spacial score (nSPS) is 24.7. The topological polar surface area (TPSA) is 87.6 Å². The molecule has 4 unspecified atom stereocenters. The second-order valence-corrected chi connectivity index (χ2v) is 13.7. The zero-order valence-corrected chi connectivity index (χ0v) is 25.2. The Morgan fingerprint density at radius 1 is 0.930 bits per heavy atom.